The number of benzene rings is 1. The van der Waals surface area contributed by atoms with Crippen molar-refractivity contribution in [1.82, 2.24) is 15.1 Å². The summed E-state index contributed by atoms with van der Waals surface area (Å²) in [5.74, 6) is 0.165. The standard InChI is InChI=1S/C20H31N3O2/c1-15-12-22(13-16(2)25-15)14-17-6-8-18(9-7-17)20(24)23-10-4-5-19(23)11-21-3/h6-9,15-16,19,21H,4-5,10-14H2,1-3H3/t15-,16+,19-/m1/s1. The fraction of sp³-hybridized carbons (Fsp3) is 0.650. The van der Waals surface area contributed by atoms with E-state index in [4.69, 9.17) is 4.74 Å². The second-order valence-corrected chi connectivity index (χ2v) is 7.50. The molecule has 0 bridgehead atoms. The van der Waals surface area contributed by atoms with E-state index in [1.165, 1.54) is 5.56 Å². The summed E-state index contributed by atoms with van der Waals surface area (Å²) < 4.78 is 5.79. The molecule has 0 unspecified atom stereocenters. The van der Waals surface area contributed by atoms with Gasteiger partial charge in [0.2, 0.25) is 0 Å². The van der Waals surface area contributed by atoms with E-state index in [1.807, 2.05) is 24.1 Å². The minimum absolute atomic E-state index is 0.165. The van der Waals surface area contributed by atoms with E-state index in [0.717, 1.165) is 51.1 Å². The average Bonchev–Trinajstić information content (AvgIpc) is 3.02. The van der Waals surface area contributed by atoms with Crippen molar-refractivity contribution in [1.29, 1.82) is 0 Å². The lowest BCUT2D eigenvalue weighted by Crippen LogP contribution is -2.44. The van der Waals surface area contributed by atoms with Crippen LogP contribution in [0.3, 0.4) is 0 Å². The number of likely N-dealkylation sites (N-methyl/N-ethyl adjacent to an activating group) is 1. The van der Waals surface area contributed by atoms with Gasteiger partial charge in [-0.3, -0.25) is 9.69 Å². The van der Waals surface area contributed by atoms with Gasteiger partial charge in [-0.2, -0.15) is 0 Å². The molecule has 138 valence electrons. The molecule has 1 N–H and O–H groups in total. The highest BCUT2D eigenvalue weighted by atomic mass is 16.5. The Hall–Kier alpha value is -1.43. The van der Waals surface area contributed by atoms with Gasteiger partial charge in [0.05, 0.1) is 12.2 Å². The molecule has 1 amide bonds. The summed E-state index contributed by atoms with van der Waals surface area (Å²) >= 11 is 0. The SMILES string of the molecule is CNC[C@H]1CCCN1C(=O)c1ccc(CN2C[C@@H](C)O[C@@H](C)C2)cc1. The summed E-state index contributed by atoms with van der Waals surface area (Å²) in [6, 6.07) is 8.50. The molecule has 2 fully saturated rings. The number of morpholine rings is 1. The van der Waals surface area contributed by atoms with Crippen LogP contribution >= 0.6 is 0 Å². The van der Waals surface area contributed by atoms with Gasteiger partial charge in [0.1, 0.15) is 0 Å². The zero-order chi connectivity index (χ0) is 17.8. The molecule has 3 atom stereocenters. The summed E-state index contributed by atoms with van der Waals surface area (Å²) in [6.07, 6.45) is 2.76. The molecule has 2 heterocycles. The van der Waals surface area contributed by atoms with Crippen LogP contribution in [0.15, 0.2) is 24.3 Å². The molecule has 0 aliphatic carbocycles. The number of likely N-dealkylation sites (tertiary alicyclic amines) is 1. The molecule has 3 rings (SSSR count). The fourth-order valence-electron chi connectivity index (χ4n) is 4.14. The molecule has 0 radical (unpaired) electrons. The number of carbonyl (C=O) groups excluding carboxylic acids is 1. The predicted molar refractivity (Wildman–Crippen MR) is 99.7 cm³/mol. The second kappa shape index (κ2) is 8.30. The number of nitrogens with zero attached hydrogens (tertiary/aromatic N) is 2. The maximum absolute atomic E-state index is 12.8. The minimum Gasteiger partial charge on any atom is -0.373 e. The molecule has 1 aromatic rings. The van der Waals surface area contributed by atoms with Crippen LogP contribution in [0.1, 0.15) is 42.6 Å². The number of nitrogens with one attached hydrogen (secondary N) is 1. The topological polar surface area (TPSA) is 44.8 Å². The lowest BCUT2D eigenvalue weighted by atomic mass is 10.1. The van der Waals surface area contributed by atoms with E-state index in [9.17, 15) is 4.79 Å². The van der Waals surface area contributed by atoms with Crippen molar-refractivity contribution in [2.75, 3.05) is 33.2 Å². The van der Waals surface area contributed by atoms with Crippen LogP contribution in [0.25, 0.3) is 0 Å². The summed E-state index contributed by atoms with van der Waals surface area (Å²) in [5.41, 5.74) is 2.06. The third kappa shape index (κ3) is 4.60. The third-order valence-corrected chi connectivity index (χ3v) is 5.18. The summed E-state index contributed by atoms with van der Waals surface area (Å²) in [4.78, 5) is 17.2. The van der Waals surface area contributed by atoms with Crippen molar-refractivity contribution < 1.29 is 9.53 Å². The number of rotatable bonds is 5. The van der Waals surface area contributed by atoms with Gasteiger partial charge in [0.15, 0.2) is 0 Å². The van der Waals surface area contributed by atoms with Crippen molar-refractivity contribution in [3.8, 4) is 0 Å². The van der Waals surface area contributed by atoms with Gasteiger partial charge in [-0.05, 0) is 51.4 Å². The highest BCUT2D eigenvalue weighted by molar-refractivity contribution is 5.94. The van der Waals surface area contributed by atoms with Gasteiger partial charge in [-0.1, -0.05) is 12.1 Å². The van der Waals surface area contributed by atoms with Crippen LogP contribution in [-0.4, -0.2) is 67.2 Å². The highest BCUT2D eigenvalue weighted by Gasteiger charge is 2.28. The number of carbonyl (C=O) groups is 1. The lowest BCUT2D eigenvalue weighted by Gasteiger charge is -2.35. The lowest BCUT2D eigenvalue weighted by molar-refractivity contribution is -0.0704. The Kier molecular flexibility index (Phi) is 6.10. The van der Waals surface area contributed by atoms with E-state index in [1.54, 1.807) is 0 Å². The van der Waals surface area contributed by atoms with Gasteiger partial charge < -0.3 is 15.0 Å². The number of hydrogen-bond donors (Lipinski definition) is 1. The van der Waals surface area contributed by atoms with Gasteiger partial charge in [0.25, 0.3) is 5.91 Å². The molecule has 1 aromatic carbocycles. The van der Waals surface area contributed by atoms with Crippen LogP contribution in [0.4, 0.5) is 0 Å². The Labute approximate surface area is 151 Å². The summed E-state index contributed by atoms with van der Waals surface area (Å²) in [7, 11) is 1.95. The maximum atomic E-state index is 12.8. The Bertz CT molecular complexity index is 565. The van der Waals surface area contributed by atoms with E-state index in [0.29, 0.717) is 6.04 Å². The number of amides is 1. The number of hydrogen-bond acceptors (Lipinski definition) is 4. The first-order valence-electron chi connectivity index (χ1n) is 9.49. The molecule has 0 saturated carbocycles. The zero-order valence-corrected chi connectivity index (χ0v) is 15.7. The summed E-state index contributed by atoms with van der Waals surface area (Å²) in [6.45, 7) is 8.84. The number of ether oxygens (including phenoxy) is 1. The Morgan fingerprint density at radius 1 is 1.20 bits per heavy atom. The Morgan fingerprint density at radius 2 is 1.88 bits per heavy atom. The Morgan fingerprint density at radius 3 is 2.52 bits per heavy atom. The molecular formula is C20H31N3O2. The van der Waals surface area contributed by atoms with Crippen molar-refractivity contribution in [3.05, 3.63) is 35.4 Å². The Balaban J connectivity index is 1.61. The van der Waals surface area contributed by atoms with Crippen LogP contribution < -0.4 is 5.32 Å². The first-order chi connectivity index (χ1) is 12.1. The average molecular weight is 345 g/mol. The summed E-state index contributed by atoms with van der Waals surface area (Å²) in [5, 5.41) is 3.20. The van der Waals surface area contributed by atoms with Crippen LogP contribution in [0.5, 0.6) is 0 Å². The van der Waals surface area contributed by atoms with E-state index >= 15 is 0 Å². The minimum atomic E-state index is 0.165. The van der Waals surface area contributed by atoms with Crippen LogP contribution in [0.2, 0.25) is 0 Å². The third-order valence-electron chi connectivity index (χ3n) is 5.18. The molecule has 2 aliphatic heterocycles. The van der Waals surface area contributed by atoms with Crippen LogP contribution in [0, 0.1) is 0 Å². The predicted octanol–water partition coefficient (Wildman–Crippen LogP) is 2.12. The van der Waals surface area contributed by atoms with Gasteiger partial charge in [0, 0.05) is 44.3 Å². The highest BCUT2D eigenvalue weighted by Crippen LogP contribution is 2.20. The monoisotopic (exact) mass is 345 g/mol. The fourth-order valence-corrected chi connectivity index (χ4v) is 4.14. The quantitative estimate of drug-likeness (QED) is 0.888. The van der Waals surface area contributed by atoms with Gasteiger partial charge in [-0.25, -0.2) is 0 Å². The largest absolute Gasteiger partial charge is 0.373 e. The maximum Gasteiger partial charge on any atom is 0.254 e. The van der Waals surface area contributed by atoms with Gasteiger partial charge >= 0.3 is 0 Å². The smallest absolute Gasteiger partial charge is 0.254 e. The molecule has 2 aliphatic rings. The second-order valence-electron chi connectivity index (χ2n) is 7.50. The van der Waals surface area contributed by atoms with Gasteiger partial charge in [-0.15, -0.1) is 0 Å². The van der Waals surface area contributed by atoms with Crippen molar-refractivity contribution >= 4 is 5.91 Å². The molecule has 25 heavy (non-hydrogen) atoms. The zero-order valence-electron chi connectivity index (χ0n) is 15.7. The van der Waals surface area contributed by atoms with E-state index in [2.05, 4.69) is 36.2 Å². The van der Waals surface area contributed by atoms with Crippen LogP contribution in [-0.2, 0) is 11.3 Å². The van der Waals surface area contributed by atoms with E-state index < -0.39 is 0 Å². The molecule has 0 spiro atoms. The first-order valence-corrected chi connectivity index (χ1v) is 9.49. The van der Waals surface area contributed by atoms with E-state index in [-0.39, 0.29) is 18.1 Å². The van der Waals surface area contributed by atoms with Crippen molar-refractivity contribution in [2.45, 2.75) is 51.5 Å². The molecule has 0 aromatic heterocycles. The molecular weight excluding hydrogens is 314 g/mol. The normalized spacial score (nSPS) is 27.6. The van der Waals surface area contributed by atoms with Crippen molar-refractivity contribution in [2.24, 2.45) is 0 Å². The first kappa shape index (κ1) is 18.4. The molecule has 5 heteroatoms. The molecule has 2 saturated heterocycles. The molecule has 5 nitrogen and oxygen atoms in total. The van der Waals surface area contributed by atoms with Crippen molar-refractivity contribution in [3.63, 3.8) is 0 Å².